The first-order valence-electron chi connectivity index (χ1n) is 9.27. The van der Waals surface area contributed by atoms with Gasteiger partial charge in [-0.2, -0.15) is 0 Å². The molecule has 5 nitrogen and oxygen atoms in total. The van der Waals surface area contributed by atoms with Crippen LogP contribution in [-0.4, -0.2) is 35.1 Å². The molecule has 0 bridgehead atoms. The van der Waals surface area contributed by atoms with Crippen molar-refractivity contribution in [1.82, 2.24) is 10.1 Å². The van der Waals surface area contributed by atoms with E-state index in [1.807, 2.05) is 42.2 Å². The number of anilines is 1. The summed E-state index contributed by atoms with van der Waals surface area (Å²) in [7, 11) is 0. The van der Waals surface area contributed by atoms with Gasteiger partial charge in [-0.05, 0) is 26.7 Å². The largest absolute Gasteiger partial charge is 0.341 e. The molecule has 3 rings (SSSR count). The van der Waals surface area contributed by atoms with Crippen LogP contribution in [0, 0.1) is 0 Å². The number of carbonyl (C=O) groups is 1. The van der Waals surface area contributed by atoms with E-state index >= 15 is 0 Å². The third-order valence-corrected chi connectivity index (χ3v) is 4.80. The van der Waals surface area contributed by atoms with Gasteiger partial charge in [0.05, 0.1) is 12.1 Å². The van der Waals surface area contributed by atoms with E-state index in [-0.39, 0.29) is 5.91 Å². The van der Waals surface area contributed by atoms with Crippen molar-refractivity contribution in [3.8, 4) is 11.3 Å². The smallest absolute Gasteiger partial charge is 0.232 e. The van der Waals surface area contributed by atoms with Crippen molar-refractivity contribution in [2.45, 2.75) is 52.6 Å². The summed E-state index contributed by atoms with van der Waals surface area (Å²) < 4.78 is 5.75. The molecule has 1 aliphatic carbocycles. The van der Waals surface area contributed by atoms with Gasteiger partial charge in [-0.15, -0.1) is 0 Å². The summed E-state index contributed by atoms with van der Waals surface area (Å²) in [4.78, 5) is 16.6. The number of amides is 1. The highest BCUT2D eigenvalue weighted by molar-refractivity contribution is 5.77. The van der Waals surface area contributed by atoms with Crippen LogP contribution in [0.25, 0.3) is 11.3 Å². The summed E-state index contributed by atoms with van der Waals surface area (Å²) in [5, 5.41) is 4.37. The van der Waals surface area contributed by atoms with E-state index in [4.69, 9.17) is 4.52 Å². The van der Waals surface area contributed by atoms with Crippen molar-refractivity contribution >= 4 is 11.8 Å². The van der Waals surface area contributed by atoms with Crippen LogP contribution in [-0.2, 0) is 11.3 Å². The van der Waals surface area contributed by atoms with E-state index in [0.717, 1.165) is 48.6 Å². The molecule has 1 heterocycles. The third-order valence-electron chi connectivity index (χ3n) is 4.80. The molecule has 0 saturated heterocycles. The molecular weight excluding hydrogens is 314 g/mol. The number of aromatic nitrogens is 1. The lowest BCUT2D eigenvalue weighted by molar-refractivity contribution is -0.132. The Morgan fingerprint density at radius 2 is 1.84 bits per heavy atom. The van der Waals surface area contributed by atoms with Gasteiger partial charge in [0, 0.05) is 31.1 Å². The number of carbonyl (C=O) groups excluding carboxylic acids is 1. The number of nitrogens with zero attached hydrogens (tertiary/aromatic N) is 3. The second-order valence-corrected chi connectivity index (χ2v) is 6.46. The standard InChI is InChI=1S/C20H27N3O2/c1-4-18(24)23(16-12-13-16)14-17-19(15-10-8-7-9-11-15)21-25-20(17)22(5-2)6-3/h7-11,16H,4-6,12-14H2,1-3H3. The van der Waals surface area contributed by atoms with Crippen molar-refractivity contribution in [2.24, 2.45) is 0 Å². The molecule has 1 aromatic carbocycles. The molecule has 0 radical (unpaired) electrons. The van der Waals surface area contributed by atoms with E-state index in [1.54, 1.807) is 0 Å². The van der Waals surface area contributed by atoms with Crippen LogP contribution in [0.15, 0.2) is 34.9 Å². The summed E-state index contributed by atoms with van der Waals surface area (Å²) in [5.41, 5.74) is 2.89. The average Bonchev–Trinajstić information content (AvgIpc) is 3.42. The molecule has 1 fully saturated rings. The molecule has 0 aliphatic heterocycles. The van der Waals surface area contributed by atoms with Gasteiger partial charge in [0.15, 0.2) is 0 Å². The van der Waals surface area contributed by atoms with Crippen molar-refractivity contribution in [3.63, 3.8) is 0 Å². The molecule has 1 saturated carbocycles. The zero-order valence-electron chi connectivity index (χ0n) is 15.4. The van der Waals surface area contributed by atoms with E-state index in [0.29, 0.717) is 19.0 Å². The molecule has 1 aromatic heterocycles. The number of benzene rings is 1. The lowest BCUT2D eigenvalue weighted by Crippen LogP contribution is -2.33. The summed E-state index contributed by atoms with van der Waals surface area (Å²) >= 11 is 0. The van der Waals surface area contributed by atoms with E-state index in [1.165, 1.54) is 0 Å². The Morgan fingerprint density at radius 1 is 1.16 bits per heavy atom. The molecule has 1 amide bonds. The lowest BCUT2D eigenvalue weighted by Gasteiger charge is -2.24. The van der Waals surface area contributed by atoms with Crippen molar-refractivity contribution in [2.75, 3.05) is 18.0 Å². The van der Waals surface area contributed by atoms with Crippen LogP contribution in [0.5, 0.6) is 0 Å². The van der Waals surface area contributed by atoms with Crippen LogP contribution < -0.4 is 4.90 Å². The van der Waals surface area contributed by atoms with Crippen LogP contribution >= 0.6 is 0 Å². The van der Waals surface area contributed by atoms with E-state index in [2.05, 4.69) is 23.9 Å². The summed E-state index contributed by atoms with van der Waals surface area (Å²) in [6, 6.07) is 10.4. The van der Waals surface area contributed by atoms with Crippen LogP contribution in [0.2, 0.25) is 0 Å². The number of rotatable bonds is 8. The quantitative estimate of drug-likeness (QED) is 0.726. The van der Waals surface area contributed by atoms with Crippen LogP contribution in [0.1, 0.15) is 45.6 Å². The normalized spacial score (nSPS) is 13.7. The Bertz CT molecular complexity index is 703. The monoisotopic (exact) mass is 341 g/mol. The highest BCUT2D eigenvalue weighted by atomic mass is 16.5. The summed E-state index contributed by atoms with van der Waals surface area (Å²) in [6.07, 6.45) is 2.72. The van der Waals surface area contributed by atoms with Gasteiger partial charge in [-0.1, -0.05) is 42.4 Å². The van der Waals surface area contributed by atoms with Crippen LogP contribution in [0.4, 0.5) is 5.88 Å². The van der Waals surface area contributed by atoms with Crippen molar-refractivity contribution < 1.29 is 9.32 Å². The van der Waals surface area contributed by atoms with Crippen LogP contribution in [0.3, 0.4) is 0 Å². The Kier molecular flexibility index (Phi) is 5.41. The minimum Gasteiger partial charge on any atom is -0.341 e. The van der Waals surface area contributed by atoms with Gasteiger partial charge < -0.3 is 14.3 Å². The van der Waals surface area contributed by atoms with E-state index < -0.39 is 0 Å². The summed E-state index contributed by atoms with van der Waals surface area (Å²) in [5.74, 6) is 0.992. The first kappa shape index (κ1) is 17.5. The summed E-state index contributed by atoms with van der Waals surface area (Å²) in [6.45, 7) is 8.39. The molecular formula is C20H27N3O2. The second kappa shape index (κ2) is 7.72. The van der Waals surface area contributed by atoms with Crippen molar-refractivity contribution in [1.29, 1.82) is 0 Å². The highest BCUT2D eigenvalue weighted by Crippen LogP contribution is 2.36. The first-order valence-corrected chi connectivity index (χ1v) is 9.27. The van der Waals surface area contributed by atoms with Gasteiger partial charge >= 0.3 is 0 Å². The average molecular weight is 341 g/mol. The van der Waals surface area contributed by atoms with Gasteiger partial charge in [0.25, 0.3) is 0 Å². The van der Waals surface area contributed by atoms with Gasteiger partial charge in [0.2, 0.25) is 11.8 Å². The maximum Gasteiger partial charge on any atom is 0.232 e. The Balaban J connectivity index is 2.01. The molecule has 2 aromatic rings. The molecule has 25 heavy (non-hydrogen) atoms. The number of hydrogen-bond acceptors (Lipinski definition) is 4. The van der Waals surface area contributed by atoms with Crippen molar-refractivity contribution in [3.05, 3.63) is 35.9 Å². The molecule has 0 N–H and O–H groups in total. The predicted octanol–water partition coefficient (Wildman–Crippen LogP) is 4.09. The number of hydrogen-bond donors (Lipinski definition) is 0. The Morgan fingerprint density at radius 3 is 2.40 bits per heavy atom. The Labute approximate surface area is 149 Å². The maximum atomic E-state index is 12.4. The van der Waals surface area contributed by atoms with Gasteiger partial charge in [-0.3, -0.25) is 4.79 Å². The highest BCUT2D eigenvalue weighted by Gasteiger charge is 2.34. The SMILES string of the molecule is CCC(=O)N(Cc1c(-c2ccccc2)noc1N(CC)CC)C1CC1. The fourth-order valence-electron chi connectivity index (χ4n) is 3.21. The third kappa shape index (κ3) is 3.70. The zero-order chi connectivity index (χ0) is 17.8. The van der Waals surface area contributed by atoms with Gasteiger partial charge in [-0.25, -0.2) is 0 Å². The topological polar surface area (TPSA) is 49.6 Å². The fourth-order valence-corrected chi connectivity index (χ4v) is 3.21. The second-order valence-electron chi connectivity index (χ2n) is 6.46. The predicted molar refractivity (Wildman–Crippen MR) is 99.4 cm³/mol. The molecule has 1 aliphatic rings. The molecule has 134 valence electrons. The minimum absolute atomic E-state index is 0.202. The molecule has 0 atom stereocenters. The Hall–Kier alpha value is -2.30. The lowest BCUT2D eigenvalue weighted by atomic mass is 10.1. The first-order chi connectivity index (χ1) is 12.2. The minimum atomic E-state index is 0.202. The zero-order valence-corrected chi connectivity index (χ0v) is 15.4. The molecule has 5 heteroatoms. The van der Waals surface area contributed by atoms with Gasteiger partial charge in [0.1, 0.15) is 5.69 Å². The molecule has 0 unspecified atom stereocenters. The van der Waals surface area contributed by atoms with E-state index in [9.17, 15) is 4.79 Å². The molecule has 0 spiro atoms. The fraction of sp³-hybridized carbons (Fsp3) is 0.500. The maximum absolute atomic E-state index is 12.4.